The summed E-state index contributed by atoms with van der Waals surface area (Å²) in [6, 6.07) is 0.483. The highest BCUT2D eigenvalue weighted by Crippen LogP contribution is 2.34. The van der Waals surface area contributed by atoms with Crippen LogP contribution in [0.15, 0.2) is 0 Å². The van der Waals surface area contributed by atoms with Gasteiger partial charge in [0, 0.05) is 26.7 Å². The molecular formula is C12H26N2O2S. The molecule has 0 amide bonds. The maximum Gasteiger partial charge on any atom is 0.214 e. The van der Waals surface area contributed by atoms with Crippen LogP contribution in [0.25, 0.3) is 0 Å². The van der Waals surface area contributed by atoms with Crippen LogP contribution >= 0.6 is 0 Å². The number of hydrogen-bond acceptors (Lipinski definition) is 3. The van der Waals surface area contributed by atoms with Crippen molar-refractivity contribution in [3.63, 3.8) is 0 Å². The molecule has 0 radical (unpaired) electrons. The number of sulfonamides is 1. The quantitative estimate of drug-likeness (QED) is 0.815. The van der Waals surface area contributed by atoms with E-state index in [2.05, 4.69) is 19.2 Å². The monoisotopic (exact) mass is 262 g/mol. The molecule has 1 atom stereocenters. The summed E-state index contributed by atoms with van der Waals surface area (Å²) in [5.74, 6) is 0.191. The van der Waals surface area contributed by atoms with Gasteiger partial charge in [0.25, 0.3) is 0 Å². The molecule has 0 bridgehead atoms. The van der Waals surface area contributed by atoms with Crippen molar-refractivity contribution in [1.82, 2.24) is 9.62 Å². The summed E-state index contributed by atoms with van der Waals surface area (Å²) in [5.41, 5.74) is 0.399. The van der Waals surface area contributed by atoms with E-state index in [1.807, 2.05) is 0 Å². The molecule has 17 heavy (non-hydrogen) atoms. The molecule has 5 heteroatoms. The minimum atomic E-state index is -3.06. The number of hydrogen-bond donors (Lipinski definition) is 1. The molecule has 1 aliphatic rings. The first-order valence-corrected chi connectivity index (χ1v) is 7.97. The topological polar surface area (TPSA) is 49.4 Å². The van der Waals surface area contributed by atoms with E-state index >= 15 is 0 Å². The molecule has 0 aromatic rings. The van der Waals surface area contributed by atoms with Crippen molar-refractivity contribution in [2.24, 2.45) is 5.41 Å². The average Bonchev–Trinajstić information content (AvgIpc) is 2.15. The fourth-order valence-corrected chi connectivity index (χ4v) is 3.19. The van der Waals surface area contributed by atoms with Gasteiger partial charge in [-0.2, -0.15) is 0 Å². The fourth-order valence-electron chi connectivity index (χ4n) is 2.45. The van der Waals surface area contributed by atoms with Gasteiger partial charge in [0.05, 0.1) is 5.75 Å². The zero-order valence-electron chi connectivity index (χ0n) is 11.5. The lowest BCUT2D eigenvalue weighted by Crippen LogP contribution is -2.40. The van der Waals surface area contributed by atoms with Crippen LogP contribution in [-0.4, -0.2) is 45.2 Å². The molecule has 0 aromatic heterocycles. The Balaban J connectivity index is 2.32. The van der Waals surface area contributed by atoms with Crippen molar-refractivity contribution in [3.05, 3.63) is 0 Å². The molecule has 1 fully saturated rings. The molecule has 0 saturated heterocycles. The van der Waals surface area contributed by atoms with E-state index in [1.54, 1.807) is 14.1 Å². The van der Waals surface area contributed by atoms with Gasteiger partial charge < -0.3 is 5.32 Å². The van der Waals surface area contributed by atoms with Gasteiger partial charge in [-0.25, -0.2) is 12.7 Å². The zero-order valence-corrected chi connectivity index (χ0v) is 12.3. The van der Waals surface area contributed by atoms with E-state index in [0.717, 1.165) is 6.42 Å². The summed E-state index contributed by atoms with van der Waals surface area (Å²) >= 11 is 0. The first-order chi connectivity index (χ1) is 7.73. The zero-order chi connectivity index (χ0) is 13.1. The van der Waals surface area contributed by atoms with Crippen molar-refractivity contribution < 1.29 is 8.42 Å². The lowest BCUT2D eigenvalue weighted by atomic mass is 9.75. The Morgan fingerprint density at radius 2 is 2.00 bits per heavy atom. The second-order valence-corrected chi connectivity index (χ2v) is 8.31. The highest BCUT2D eigenvalue weighted by atomic mass is 32.2. The van der Waals surface area contributed by atoms with Crippen molar-refractivity contribution in [2.75, 3.05) is 26.4 Å². The molecular weight excluding hydrogens is 236 g/mol. The second kappa shape index (κ2) is 5.67. The Kier molecular flexibility index (Phi) is 4.98. The van der Waals surface area contributed by atoms with Crippen molar-refractivity contribution in [1.29, 1.82) is 0 Å². The highest BCUT2D eigenvalue weighted by molar-refractivity contribution is 7.89. The molecule has 1 N–H and O–H groups in total. The smallest absolute Gasteiger partial charge is 0.214 e. The van der Waals surface area contributed by atoms with E-state index in [9.17, 15) is 8.42 Å². The summed E-state index contributed by atoms with van der Waals surface area (Å²) in [4.78, 5) is 0. The number of nitrogens with one attached hydrogen (secondary N) is 1. The summed E-state index contributed by atoms with van der Waals surface area (Å²) in [6.45, 7) is 5.13. The Hall–Kier alpha value is -0.130. The minimum absolute atomic E-state index is 0.191. The van der Waals surface area contributed by atoms with Crippen LogP contribution in [0, 0.1) is 5.41 Å². The van der Waals surface area contributed by atoms with Crippen LogP contribution in [0.5, 0.6) is 0 Å². The summed E-state index contributed by atoms with van der Waals surface area (Å²) < 4.78 is 24.5. The molecule has 0 aliphatic heterocycles. The predicted octanol–water partition coefficient (Wildman–Crippen LogP) is 1.44. The molecule has 1 rings (SSSR count). The van der Waals surface area contributed by atoms with Gasteiger partial charge in [-0.05, 0) is 24.7 Å². The Morgan fingerprint density at radius 3 is 2.53 bits per heavy atom. The van der Waals surface area contributed by atoms with Crippen LogP contribution in [0.3, 0.4) is 0 Å². The lowest BCUT2D eigenvalue weighted by molar-refractivity contribution is 0.200. The van der Waals surface area contributed by atoms with E-state index in [-0.39, 0.29) is 5.75 Å². The van der Waals surface area contributed by atoms with Crippen LogP contribution in [0.4, 0.5) is 0 Å². The van der Waals surface area contributed by atoms with E-state index in [4.69, 9.17) is 0 Å². The Bertz CT molecular complexity index is 336. The maximum atomic E-state index is 11.6. The van der Waals surface area contributed by atoms with Gasteiger partial charge in [0.15, 0.2) is 0 Å². The third-order valence-electron chi connectivity index (χ3n) is 3.55. The second-order valence-electron chi connectivity index (χ2n) is 6.01. The first kappa shape index (κ1) is 14.9. The van der Waals surface area contributed by atoms with Gasteiger partial charge in [0.2, 0.25) is 10.0 Å². The normalized spacial score (nSPS) is 25.1. The Morgan fingerprint density at radius 1 is 1.35 bits per heavy atom. The molecule has 0 aromatic carbocycles. The molecule has 1 aliphatic carbocycles. The first-order valence-electron chi connectivity index (χ1n) is 6.36. The van der Waals surface area contributed by atoms with Crippen molar-refractivity contribution in [3.8, 4) is 0 Å². The fraction of sp³-hybridized carbons (Fsp3) is 1.00. The van der Waals surface area contributed by atoms with Gasteiger partial charge in [-0.15, -0.1) is 0 Å². The van der Waals surface area contributed by atoms with Crippen LogP contribution in [0.1, 0.15) is 39.5 Å². The minimum Gasteiger partial charge on any atom is -0.313 e. The van der Waals surface area contributed by atoms with E-state index in [1.165, 1.54) is 23.6 Å². The molecule has 0 heterocycles. The average molecular weight is 262 g/mol. The summed E-state index contributed by atoms with van der Waals surface area (Å²) in [7, 11) is 0.108. The highest BCUT2D eigenvalue weighted by Gasteiger charge is 2.27. The summed E-state index contributed by atoms with van der Waals surface area (Å²) in [6.07, 6.45) is 4.84. The van der Waals surface area contributed by atoms with E-state index in [0.29, 0.717) is 18.0 Å². The standard InChI is InChI=1S/C12H26N2O2S/c1-12(2)7-5-6-11(10-12)13-8-9-17(15,16)14(3)4/h11,13H,5-10H2,1-4H3. The van der Waals surface area contributed by atoms with Crippen LogP contribution in [-0.2, 0) is 10.0 Å². The van der Waals surface area contributed by atoms with Crippen LogP contribution in [0.2, 0.25) is 0 Å². The van der Waals surface area contributed by atoms with Gasteiger partial charge in [-0.3, -0.25) is 0 Å². The van der Waals surface area contributed by atoms with Gasteiger partial charge >= 0.3 is 0 Å². The summed E-state index contributed by atoms with van der Waals surface area (Å²) in [5, 5.41) is 3.38. The van der Waals surface area contributed by atoms with Gasteiger partial charge in [0.1, 0.15) is 0 Å². The van der Waals surface area contributed by atoms with Crippen LogP contribution < -0.4 is 5.32 Å². The third kappa shape index (κ3) is 4.94. The van der Waals surface area contributed by atoms with E-state index < -0.39 is 10.0 Å². The Labute approximate surface area is 106 Å². The molecule has 1 unspecified atom stereocenters. The maximum absolute atomic E-state index is 11.6. The molecule has 4 nitrogen and oxygen atoms in total. The third-order valence-corrected chi connectivity index (χ3v) is 5.39. The molecule has 102 valence electrons. The molecule has 1 saturated carbocycles. The SMILES string of the molecule is CN(C)S(=O)(=O)CCNC1CCCC(C)(C)C1. The predicted molar refractivity (Wildman–Crippen MR) is 71.5 cm³/mol. The lowest BCUT2D eigenvalue weighted by Gasteiger charge is -2.35. The van der Waals surface area contributed by atoms with Gasteiger partial charge in [-0.1, -0.05) is 20.3 Å². The number of nitrogens with zero attached hydrogens (tertiary/aromatic N) is 1. The number of rotatable bonds is 5. The van der Waals surface area contributed by atoms with Crippen molar-refractivity contribution >= 4 is 10.0 Å². The van der Waals surface area contributed by atoms with Crippen molar-refractivity contribution in [2.45, 2.75) is 45.6 Å². The molecule has 0 spiro atoms. The largest absolute Gasteiger partial charge is 0.313 e.